The predicted molar refractivity (Wildman–Crippen MR) is 64.6 cm³/mol. The molecule has 84 valence electrons. The fraction of sp³-hybridized carbons (Fsp3) is 0.182. The largest absolute Gasteiger partial charge is 0.378 e. The van der Waals surface area contributed by atoms with Crippen molar-refractivity contribution >= 4 is 21.6 Å². The molecule has 0 aliphatic rings. The van der Waals surface area contributed by atoms with Gasteiger partial charge in [-0.1, -0.05) is 6.07 Å². The molecule has 16 heavy (non-hydrogen) atoms. The van der Waals surface area contributed by atoms with Crippen LogP contribution in [0, 0.1) is 5.82 Å². The number of halogens is 2. The van der Waals surface area contributed by atoms with Crippen molar-refractivity contribution < 1.29 is 4.39 Å². The number of benzene rings is 1. The number of hydrogen-bond acceptors (Lipinski definition) is 2. The highest BCUT2D eigenvalue weighted by molar-refractivity contribution is 9.10. The number of hydrogen-bond donors (Lipinski definition) is 1. The van der Waals surface area contributed by atoms with E-state index in [0.29, 0.717) is 11.0 Å². The van der Waals surface area contributed by atoms with Gasteiger partial charge >= 0.3 is 0 Å². The molecule has 1 heterocycles. The van der Waals surface area contributed by atoms with Crippen molar-refractivity contribution in [2.45, 2.75) is 6.54 Å². The zero-order chi connectivity index (χ0) is 11.5. The molecular formula is C11H11BrFN3. The van der Waals surface area contributed by atoms with Crippen molar-refractivity contribution in [3.05, 3.63) is 46.4 Å². The van der Waals surface area contributed by atoms with Gasteiger partial charge in [0.1, 0.15) is 5.82 Å². The Morgan fingerprint density at radius 1 is 1.50 bits per heavy atom. The van der Waals surface area contributed by atoms with Gasteiger partial charge in [-0.3, -0.25) is 4.68 Å². The van der Waals surface area contributed by atoms with Gasteiger partial charge in [0, 0.05) is 19.8 Å². The average Bonchev–Trinajstić information content (AvgIpc) is 2.66. The highest BCUT2D eigenvalue weighted by Gasteiger charge is 2.01. The van der Waals surface area contributed by atoms with E-state index in [1.807, 2.05) is 19.3 Å². The Balaban J connectivity index is 2.02. The van der Waals surface area contributed by atoms with Crippen molar-refractivity contribution in [3.63, 3.8) is 0 Å². The lowest BCUT2D eigenvalue weighted by Crippen LogP contribution is -1.99. The summed E-state index contributed by atoms with van der Waals surface area (Å²) in [4.78, 5) is 0. The highest BCUT2D eigenvalue weighted by atomic mass is 79.9. The van der Waals surface area contributed by atoms with Gasteiger partial charge in [0.05, 0.1) is 16.4 Å². The minimum Gasteiger partial charge on any atom is -0.378 e. The summed E-state index contributed by atoms with van der Waals surface area (Å²) in [5, 5.41) is 7.20. The van der Waals surface area contributed by atoms with Crippen LogP contribution in [0.4, 0.5) is 10.1 Å². The van der Waals surface area contributed by atoms with Crippen molar-refractivity contribution in [1.82, 2.24) is 9.78 Å². The average molecular weight is 284 g/mol. The van der Waals surface area contributed by atoms with Crippen LogP contribution in [0.5, 0.6) is 0 Å². The van der Waals surface area contributed by atoms with Gasteiger partial charge in [-0.15, -0.1) is 0 Å². The van der Waals surface area contributed by atoms with Gasteiger partial charge in [0.15, 0.2) is 0 Å². The summed E-state index contributed by atoms with van der Waals surface area (Å²) in [6, 6.07) is 5.08. The molecule has 5 heteroatoms. The molecule has 0 fully saturated rings. The first-order valence-electron chi connectivity index (χ1n) is 4.81. The molecule has 0 unspecified atom stereocenters. The van der Waals surface area contributed by atoms with Crippen molar-refractivity contribution in [2.75, 3.05) is 5.32 Å². The van der Waals surface area contributed by atoms with E-state index in [9.17, 15) is 4.39 Å². The number of anilines is 1. The topological polar surface area (TPSA) is 29.9 Å². The van der Waals surface area contributed by atoms with Gasteiger partial charge in [0.2, 0.25) is 0 Å². The van der Waals surface area contributed by atoms with E-state index in [1.165, 1.54) is 6.07 Å². The number of aryl methyl sites for hydroxylation is 1. The van der Waals surface area contributed by atoms with Crippen LogP contribution in [-0.2, 0) is 13.6 Å². The van der Waals surface area contributed by atoms with E-state index < -0.39 is 0 Å². The van der Waals surface area contributed by atoms with Crippen LogP contribution in [-0.4, -0.2) is 9.78 Å². The van der Waals surface area contributed by atoms with E-state index >= 15 is 0 Å². The Morgan fingerprint density at radius 2 is 2.31 bits per heavy atom. The predicted octanol–water partition coefficient (Wildman–Crippen LogP) is 2.93. The van der Waals surface area contributed by atoms with Crippen LogP contribution >= 0.6 is 15.9 Å². The molecule has 1 aromatic carbocycles. The number of nitrogens with zero attached hydrogens (tertiary/aromatic N) is 2. The van der Waals surface area contributed by atoms with Gasteiger partial charge in [-0.2, -0.15) is 5.10 Å². The molecule has 0 radical (unpaired) electrons. The Hall–Kier alpha value is -1.36. The van der Waals surface area contributed by atoms with Crippen LogP contribution in [0.15, 0.2) is 35.1 Å². The number of nitrogens with one attached hydrogen (secondary N) is 1. The minimum atomic E-state index is -0.245. The molecular weight excluding hydrogens is 273 g/mol. The van der Waals surface area contributed by atoms with Gasteiger partial charge < -0.3 is 5.32 Å². The van der Waals surface area contributed by atoms with E-state index in [4.69, 9.17) is 0 Å². The van der Waals surface area contributed by atoms with Gasteiger partial charge in [-0.05, 0) is 33.6 Å². The maximum Gasteiger partial charge on any atom is 0.137 e. The monoisotopic (exact) mass is 283 g/mol. The Morgan fingerprint density at radius 3 is 2.94 bits per heavy atom. The standard InChI is InChI=1S/C11H11BrFN3/c1-16-7-9(6-15-16)14-5-8-2-3-10(12)11(13)4-8/h2-4,6-7,14H,5H2,1H3. The van der Waals surface area contributed by atoms with Crippen LogP contribution in [0.2, 0.25) is 0 Å². The maximum absolute atomic E-state index is 13.2. The summed E-state index contributed by atoms with van der Waals surface area (Å²) in [6.45, 7) is 0.579. The third-order valence-electron chi connectivity index (χ3n) is 2.19. The quantitative estimate of drug-likeness (QED) is 0.939. The van der Waals surface area contributed by atoms with Gasteiger partial charge in [0.25, 0.3) is 0 Å². The SMILES string of the molecule is Cn1cc(NCc2ccc(Br)c(F)c2)cn1. The summed E-state index contributed by atoms with van der Waals surface area (Å²) in [5.74, 6) is -0.245. The molecule has 3 nitrogen and oxygen atoms in total. The normalized spacial score (nSPS) is 10.4. The highest BCUT2D eigenvalue weighted by Crippen LogP contribution is 2.17. The molecule has 0 amide bonds. The molecule has 0 aliphatic heterocycles. The zero-order valence-corrected chi connectivity index (χ0v) is 10.3. The Kier molecular flexibility index (Phi) is 3.24. The second-order valence-electron chi connectivity index (χ2n) is 3.50. The molecule has 0 saturated carbocycles. The van der Waals surface area contributed by atoms with E-state index in [2.05, 4.69) is 26.3 Å². The molecule has 1 N–H and O–H groups in total. The summed E-state index contributed by atoms with van der Waals surface area (Å²) >= 11 is 3.12. The third-order valence-corrected chi connectivity index (χ3v) is 2.83. The molecule has 0 bridgehead atoms. The minimum absolute atomic E-state index is 0.245. The van der Waals surface area contributed by atoms with E-state index in [-0.39, 0.29) is 5.82 Å². The number of aromatic nitrogens is 2. The maximum atomic E-state index is 13.2. The van der Waals surface area contributed by atoms with Crippen LogP contribution in [0.1, 0.15) is 5.56 Å². The summed E-state index contributed by atoms with van der Waals surface area (Å²) < 4.78 is 15.4. The number of rotatable bonds is 3. The molecule has 2 aromatic rings. The van der Waals surface area contributed by atoms with Crippen molar-refractivity contribution in [2.24, 2.45) is 7.05 Å². The fourth-order valence-electron chi connectivity index (χ4n) is 1.37. The first-order chi connectivity index (χ1) is 7.65. The summed E-state index contributed by atoms with van der Waals surface area (Å²) in [7, 11) is 1.85. The summed E-state index contributed by atoms with van der Waals surface area (Å²) in [6.07, 6.45) is 3.60. The summed E-state index contributed by atoms with van der Waals surface area (Å²) in [5.41, 5.74) is 1.82. The lowest BCUT2D eigenvalue weighted by molar-refractivity contribution is 0.619. The van der Waals surface area contributed by atoms with Crippen LogP contribution in [0.25, 0.3) is 0 Å². The second kappa shape index (κ2) is 4.65. The first-order valence-corrected chi connectivity index (χ1v) is 5.61. The first kappa shape index (κ1) is 11.1. The Labute approximate surface area is 101 Å². The molecule has 0 saturated heterocycles. The lowest BCUT2D eigenvalue weighted by atomic mass is 10.2. The molecule has 0 atom stereocenters. The van der Waals surface area contributed by atoms with E-state index in [0.717, 1.165) is 11.3 Å². The third kappa shape index (κ3) is 2.61. The smallest absolute Gasteiger partial charge is 0.137 e. The lowest BCUT2D eigenvalue weighted by Gasteiger charge is -2.04. The Bertz CT molecular complexity index is 496. The zero-order valence-electron chi connectivity index (χ0n) is 8.74. The van der Waals surface area contributed by atoms with Crippen LogP contribution < -0.4 is 5.32 Å². The molecule has 1 aromatic heterocycles. The van der Waals surface area contributed by atoms with Crippen LogP contribution in [0.3, 0.4) is 0 Å². The van der Waals surface area contributed by atoms with Gasteiger partial charge in [-0.25, -0.2) is 4.39 Å². The van der Waals surface area contributed by atoms with Crippen molar-refractivity contribution in [3.8, 4) is 0 Å². The molecule has 2 rings (SSSR count). The van der Waals surface area contributed by atoms with E-state index in [1.54, 1.807) is 16.9 Å². The second-order valence-corrected chi connectivity index (χ2v) is 4.36. The van der Waals surface area contributed by atoms with Crippen molar-refractivity contribution in [1.29, 1.82) is 0 Å². The fourth-order valence-corrected chi connectivity index (χ4v) is 1.61. The molecule has 0 aliphatic carbocycles. The molecule has 0 spiro atoms.